The lowest BCUT2D eigenvalue weighted by Gasteiger charge is -2.32. The van der Waals surface area contributed by atoms with Crippen LogP contribution in [0.1, 0.15) is 32.6 Å². The maximum absolute atomic E-state index is 12.6. The number of esters is 2. The predicted molar refractivity (Wildman–Crippen MR) is 77.2 cm³/mol. The third kappa shape index (κ3) is 2.52. The summed E-state index contributed by atoms with van der Waals surface area (Å²) in [6.45, 7) is 1.94. The molecule has 4 heteroatoms. The minimum atomic E-state index is -0.526. The molecule has 0 aromatic heterocycles. The summed E-state index contributed by atoms with van der Waals surface area (Å²) in [5.74, 6) is -1.08. The highest BCUT2D eigenvalue weighted by Gasteiger charge is 2.53. The van der Waals surface area contributed by atoms with Gasteiger partial charge >= 0.3 is 11.9 Å². The van der Waals surface area contributed by atoms with Crippen LogP contribution in [0.3, 0.4) is 0 Å². The van der Waals surface area contributed by atoms with E-state index in [0.717, 1.165) is 25.7 Å². The number of methoxy groups -OCH3 is 1. The summed E-state index contributed by atoms with van der Waals surface area (Å²) in [7, 11) is 1.38. The van der Waals surface area contributed by atoms with E-state index < -0.39 is 5.60 Å². The Hall–Kier alpha value is -1.58. The van der Waals surface area contributed by atoms with Crippen molar-refractivity contribution in [1.29, 1.82) is 0 Å². The van der Waals surface area contributed by atoms with Crippen molar-refractivity contribution in [2.75, 3.05) is 7.11 Å². The van der Waals surface area contributed by atoms with Crippen molar-refractivity contribution in [3.05, 3.63) is 24.3 Å². The fourth-order valence-electron chi connectivity index (χ4n) is 3.97. The molecular formula is C17H22O4. The van der Waals surface area contributed by atoms with Gasteiger partial charge < -0.3 is 9.47 Å². The monoisotopic (exact) mass is 290 g/mol. The van der Waals surface area contributed by atoms with Gasteiger partial charge in [-0.3, -0.25) is 9.59 Å². The van der Waals surface area contributed by atoms with Crippen LogP contribution in [0.15, 0.2) is 24.3 Å². The lowest BCUT2D eigenvalue weighted by atomic mass is 9.82. The SMILES string of the molecule is COC(=O)C1C2C=CC(C2)C1C(=O)OC1(C)C=CCCC1. The lowest BCUT2D eigenvalue weighted by molar-refractivity contribution is -0.167. The molecule has 0 heterocycles. The first kappa shape index (κ1) is 14.4. The summed E-state index contributed by atoms with van der Waals surface area (Å²) in [6.07, 6.45) is 11.9. The Morgan fingerprint density at radius 2 is 1.81 bits per heavy atom. The molecule has 0 aliphatic heterocycles. The van der Waals surface area contributed by atoms with Crippen molar-refractivity contribution in [3.63, 3.8) is 0 Å². The van der Waals surface area contributed by atoms with Crippen LogP contribution >= 0.6 is 0 Å². The van der Waals surface area contributed by atoms with E-state index in [1.807, 2.05) is 19.1 Å². The van der Waals surface area contributed by atoms with E-state index in [0.29, 0.717) is 0 Å². The van der Waals surface area contributed by atoms with Gasteiger partial charge in [-0.25, -0.2) is 0 Å². The Kier molecular flexibility index (Phi) is 3.64. The summed E-state index contributed by atoms with van der Waals surface area (Å²) < 4.78 is 10.7. The van der Waals surface area contributed by atoms with Gasteiger partial charge in [0.05, 0.1) is 18.9 Å². The summed E-state index contributed by atoms with van der Waals surface area (Å²) in [4.78, 5) is 24.7. The molecule has 0 saturated heterocycles. The number of carbonyl (C=O) groups is 2. The van der Waals surface area contributed by atoms with E-state index in [2.05, 4.69) is 12.2 Å². The van der Waals surface area contributed by atoms with E-state index in [1.165, 1.54) is 7.11 Å². The van der Waals surface area contributed by atoms with Gasteiger partial charge in [0.1, 0.15) is 5.60 Å². The summed E-state index contributed by atoms with van der Waals surface area (Å²) in [5, 5.41) is 0. The summed E-state index contributed by atoms with van der Waals surface area (Å²) >= 11 is 0. The molecular weight excluding hydrogens is 268 g/mol. The molecule has 3 aliphatic carbocycles. The zero-order valence-electron chi connectivity index (χ0n) is 12.6. The fraction of sp³-hybridized carbons (Fsp3) is 0.647. The molecule has 21 heavy (non-hydrogen) atoms. The minimum absolute atomic E-state index is 0.114. The molecule has 2 bridgehead atoms. The van der Waals surface area contributed by atoms with Crippen LogP contribution in [0, 0.1) is 23.7 Å². The molecule has 4 nitrogen and oxygen atoms in total. The van der Waals surface area contributed by atoms with Crippen LogP contribution < -0.4 is 0 Å². The average Bonchev–Trinajstić information content (AvgIpc) is 3.07. The van der Waals surface area contributed by atoms with Crippen molar-refractivity contribution < 1.29 is 19.1 Å². The Morgan fingerprint density at radius 3 is 2.38 bits per heavy atom. The number of carbonyl (C=O) groups excluding carboxylic acids is 2. The number of ether oxygens (including phenoxy) is 2. The molecule has 0 aromatic carbocycles. The van der Waals surface area contributed by atoms with Crippen LogP contribution in [0.5, 0.6) is 0 Å². The molecule has 0 amide bonds. The number of fused-ring (bicyclic) bond motifs is 2. The maximum atomic E-state index is 12.6. The second kappa shape index (κ2) is 5.32. The van der Waals surface area contributed by atoms with Crippen LogP contribution in [-0.4, -0.2) is 24.6 Å². The van der Waals surface area contributed by atoms with Crippen molar-refractivity contribution in [3.8, 4) is 0 Å². The van der Waals surface area contributed by atoms with Crippen molar-refractivity contribution in [2.24, 2.45) is 23.7 Å². The zero-order chi connectivity index (χ0) is 15.0. The third-order valence-electron chi connectivity index (χ3n) is 5.05. The zero-order valence-corrected chi connectivity index (χ0v) is 12.6. The largest absolute Gasteiger partial charge is 0.469 e. The van der Waals surface area contributed by atoms with Crippen LogP contribution in [0.2, 0.25) is 0 Å². The highest BCUT2D eigenvalue weighted by atomic mass is 16.6. The molecule has 114 valence electrons. The number of hydrogen-bond donors (Lipinski definition) is 0. The molecule has 3 aliphatic rings. The first-order chi connectivity index (χ1) is 10.0. The second-order valence-corrected chi connectivity index (χ2v) is 6.55. The molecule has 5 unspecified atom stereocenters. The Labute approximate surface area is 125 Å². The second-order valence-electron chi connectivity index (χ2n) is 6.55. The molecule has 0 aromatic rings. The number of allylic oxidation sites excluding steroid dienone is 3. The van der Waals surface area contributed by atoms with E-state index in [1.54, 1.807) is 0 Å². The average molecular weight is 290 g/mol. The fourth-order valence-corrected chi connectivity index (χ4v) is 3.97. The normalized spacial score (nSPS) is 40.3. The first-order valence-electron chi connectivity index (χ1n) is 7.71. The van der Waals surface area contributed by atoms with Gasteiger partial charge in [-0.15, -0.1) is 0 Å². The highest BCUT2D eigenvalue weighted by molar-refractivity contribution is 5.84. The van der Waals surface area contributed by atoms with E-state index in [4.69, 9.17) is 9.47 Å². The molecule has 0 radical (unpaired) electrons. The molecule has 0 N–H and O–H groups in total. The Bertz CT molecular complexity index is 507. The molecule has 3 rings (SSSR count). The number of rotatable bonds is 3. The summed E-state index contributed by atoms with van der Waals surface area (Å²) in [5.41, 5.74) is -0.526. The van der Waals surface area contributed by atoms with Crippen molar-refractivity contribution in [2.45, 2.75) is 38.2 Å². The topological polar surface area (TPSA) is 52.6 Å². The van der Waals surface area contributed by atoms with Gasteiger partial charge in [0.15, 0.2) is 0 Å². The standard InChI is InChI=1S/C17H22O4/c1-17(8-4-3-5-9-17)21-16(19)14-12-7-6-11(10-12)13(14)15(18)20-2/h4,6-8,11-14H,3,5,9-10H2,1-2H3. The molecule has 5 atom stereocenters. The smallest absolute Gasteiger partial charge is 0.311 e. The van der Waals surface area contributed by atoms with Crippen molar-refractivity contribution >= 4 is 11.9 Å². The molecule has 0 spiro atoms. The lowest BCUT2D eigenvalue weighted by Crippen LogP contribution is -2.40. The minimum Gasteiger partial charge on any atom is -0.469 e. The number of hydrogen-bond acceptors (Lipinski definition) is 4. The molecule has 1 saturated carbocycles. The van der Waals surface area contributed by atoms with E-state index in [-0.39, 0.29) is 35.6 Å². The van der Waals surface area contributed by atoms with Crippen LogP contribution in [0.4, 0.5) is 0 Å². The third-order valence-corrected chi connectivity index (χ3v) is 5.05. The quantitative estimate of drug-likeness (QED) is 0.592. The maximum Gasteiger partial charge on any atom is 0.311 e. The van der Waals surface area contributed by atoms with Gasteiger partial charge in [0.2, 0.25) is 0 Å². The highest BCUT2D eigenvalue weighted by Crippen LogP contribution is 2.49. The van der Waals surface area contributed by atoms with Crippen LogP contribution in [0.25, 0.3) is 0 Å². The molecule has 1 fully saturated rings. The first-order valence-corrected chi connectivity index (χ1v) is 7.71. The van der Waals surface area contributed by atoms with Gasteiger partial charge in [-0.05, 0) is 50.5 Å². The van der Waals surface area contributed by atoms with E-state index >= 15 is 0 Å². The Balaban J connectivity index is 1.77. The van der Waals surface area contributed by atoms with E-state index in [9.17, 15) is 9.59 Å². The van der Waals surface area contributed by atoms with Gasteiger partial charge in [0, 0.05) is 0 Å². The van der Waals surface area contributed by atoms with Gasteiger partial charge in [0.25, 0.3) is 0 Å². The predicted octanol–water partition coefficient (Wildman–Crippen LogP) is 2.64. The van der Waals surface area contributed by atoms with Crippen molar-refractivity contribution in [1.82, 2.24) is 0 Å². The summed E-state index contributed by atoms with van der Waals surface area (Å²) in [6, 6.07) is 0. The van der Waals surface area contributed by atoms with Gasteiger partial charge in [-0.1, -0.05) is 18.2 Å². The Morgan fingerprint density at radius 1 is 1.14 bits per heavy atom. The van der Waals surface area contributed by atoms with Crippen LogP contribution in [-0.2, 0) is 19.1 Å². The van der Waals surface area contributed by atoms with Gasteiger partial charge in [-0.2, -0.15) is 0 Å².